The van der Waals surface area contributed by atoms with Crippen LogP contribution in [0.25, 0.3) is 16.9 Å². The lowest BCUT2D eigenvalue weighted by Gasteiger charge is -2.11. The van der Waals surface area contributed by atoms with Gasteiger partial charge in [-0.15, -0.1) is 0 Å². The summed E-state index contributed by atoms with van der Waals surface area (Å²) in [6.07, 6.45) is 0. The highest BCUT2D eigenvalue weighted by Crippen LogP contribution is 2.30. The molecule has 0 unspecified atom stereocenters. The van der Waals surface area contributed by atoms with Crippen LogP contribution < -0.4 is 14.8 Å². The summed E-state index contributed by atoms with van der Waals surface area (Å²) in [7, 11) is 3.10. The third-order valence-corrected chi connectivity index (χ3v) is 4.99. The minimum atomic E-state index is -0.364. The molecule has 4 rings (SSSR count). The second-order valence-corrected chi connectivity index (χ2v) is 7.13. The number of hydrogen-bond acceptors (Lipinski definition) is 4. The average molecular weight is 434 g/mol. The molecule has 0 spiro atoms. The van der Waals surface area contributed by atoms with Crippen LogP contribution in [0.2, 0.25) is 5.02 Å². The molecular weight excluding hydrogens is 414 g/mol. The summed E-state index contributed by atoms with van der Waals surface area (Å²) < 4.78 is 12.3. The fraction of sp³-hybridized carbons (Fsp3) is 0.0833. The number of carbonyl (C=O) groups excluding carboxylic acids is 1. The van der Waals surface area contributed by atoms with Crippen LogP contribution in [-0.2, 0) is 0 Å². The monoisotopic (exact) mass is 433 g/mol. The summed E-state index contributed by atoms with van der Waals surface area (Å²) in [5.41, 5.74) is 3.25. The van der Waals surface area contributed by atoms with E-state index in [9.17, 15) is 4.79 Å². The Morgan fingerprint density at radius 1 is 0.935 bits per heavy atom. The topological polar surface area (TPSA) is 65.4 Å². The van der Waals surface area contributed by atoms with Gasteiger partial charge in [0.1, 0.15) is 11.5 Å². The Balaban J connectivity index is 1.74. The van der Waals surface area contributed by atoms with Crippen LogP contribution in [-0.4, -0.2) is 29.9 Å². The van der Waals surface area contributed by atoms with Crippen molar-refractivity contribution in [2.24, 2.45) is 0 Å². The minimum absolute atomic E-state index is 0.263. The molecule has 3 aromatic carbocycles. The van der Waals surface area contributed by atoms with Crippen LogP contribution in [0.3, 0.4) is 0 Å². The van der Waals surface area contributed by atoms with Crippen molar-refractivity contribution in [3.8, 4) is 28.4 Å². The molecule has 0 aliphatic carbocycles. The molecule has 6 nitrogen and oxygen atoms in total. The van der Waals surface area contributed by atoms with Crippen molar-refractivity contribution in [3.63, 3.8) is 0 Å². The minimum Gasteiger partial charge on any atom is -0.497 e. The quantitative estimate of drug-likeness (QED) is 0.438. The summed E-state index contributed by atoms with van der Waals surface area (Å²) in [6.45, 7) is 0. The number of aromatic nitrogens is 2. The molecule has 0 fully saturated rings. The van der Waals surface area contributed by atoms with Gasteiger partial charge in [0.25, 0.3) is 5.91 Å². The molecule has 0 aliphatic rings. The maximum atomic E-state index is 13.1. The highest BCUT2D eigenvalue weighted by atomic mass is 35.5. The van der Waals surface area contributed by atoms with Crippen molar-refractivity contribution in [1.82, 2.24) is 9.78 Å². The smallest absolute Gasteiger partial charge is 0.276 e. The van der Waals surface area contributed by atoms with E-state index in [-0.39, 0.29) is 11.6 Å². The first-order chi connectivity index (χ1) is 15.1. The maximum absolute atomic E-state index is 13.1. The Labute approximate surface area is 185 Å². The number of halogens is 1. The highest BCUT2D eigenvalue weighted by molar-refractivity contribution is 6.30. The SMILES string of the molecule is COc1ccc(OC)c(NC(=O)c2cc(-c3ccc(Cl)cc3)n(-c3ccccc3)n2)c1. The van der Waals surface area contributed by atoms with Crippen LogP contribution in [0, 0.1) is 0 Å². The first-order valence-electron chi connectivity index (χ1n) is 9.54. The molecule has 1 amide bonds. The summed E-state index contributed by atoms with van der Waals surface area (Å²) in [6, 6.07) is 24.0. The first kappa shape index (κ1) is 20.5. The number of nitrogens with one attached hydrogen (secondary N) is 1. The van der Waals surface area contributed by atoms with Crippen LogP contribution in [0.15, 0.2) is 78.9 Å². The number of carbonyl (C=O) groups is 1. The zero-order valence-electron chi connectivity index (χ0n) is 17.0. The van der Waals surface area contributed by atoms with Gasteiger partial charge in [0.2, 0.25) is 0 Å². The van der Waals surface area contributed by atoms with Crippen LogP contribution >= 0.6 is 11.6 Å². The number of anilines is 1. The molecule has 0 aliphatic heterocycles. The molecule has 0 saturated carbocycles. The van der Waals surface area contributed by atoms with Gasteiger partial charge < -0.3 is 14.8 Å². The molecule has 1 heterocycles. The highest BCUT2D eigenvalue weighted by Gasteiger charge is 2.18. The summed E-state index contributed by atoms with van der Waals surface area (Å²) in [5.74, 6) is 0.763. The Morgan fingerprint density at radius 2 is 1.68 bits per heavy atom. The molecular formula is C24H20ClN3O3. The zero-order chi connectivity index (χ0) is 21.8. The van der Waals surface area contributed by atoms with Crippen molar-refractivity contribution < 1.29 is 14.3 Å². The second-order valence-electron chi connectivity index (χ2n) is 6.69. The van der Waals surface area contributed by atoms with E-state index in [1.807, 2.05) is 42.5 Å². The van der Waals surface area contributed by atoms with Gasteiger partial charge in [-0.1, -0.05) is 41.9 Å². The lowest BCUT2D eigenvalue weighted by molar-refractivity contribution is 0.102. The van der Waals surface area contributed by atoms with Crippen molar-refractivity contribution in [2.75, 3.05) is 19.5 Å². The molecule has 0 radical (unpaired) electrons. The summed E-state index contributed by atoms with van der Waals surface area (Å²) >= 11 is 6.05. The van der Waals surface area contributed by atoms with Gasteiger partial charge >= 0.3 is 0 Å². The van der Waals surface area contributed by atoms with Crippen molar-refractivity contribution in [3.05, 3.63) is 89.6 Å². The average Bonchev–Trinajstić information content (AvgIpc) is 3.26. The van der Waals surface area contributed by atoms with E-state index >= 15 is 0 Å². The molecule has 0 atom stereocenters. The number of nitrogens with zero attached hydrogens (tertiary/aromatic N) is 2. The van der Waals surface area contributed by atoms with E-state index < -0.39 is 0 Å². The normalized spacial score (nSPS) is 10.5. The third kappa shape index (κ3) is 4.39. The Morgan fingerprint density at radius 3 is 2.35 bits per heavy atom. The van der Waals surface area contributed by atoms with Gasteiger partial charge in [-0.2, -0.15) is 5.10 Å². The van der Waals surface area contributed by atoms with Gasteiger partial charge in [0.15, 0.2) is 5.69 Å². The fourth-order valence-corrected chi connectivity index (χ4v) is 3.31. The van der Waals surface area contributed by atoms with Gasteiger partial charge in [-0.25, -0.2) is 4.68 Å². The third-order valence-electron chi connectivity index (χ3n) is 4.74. The maximum Gasteiger partial charge on any atom is 0.276 e. The van der Waals surface area contributed by atoms with Gasteiger partial charge in [-0.05, 0) is 42.5 Å². The van der Waals surface area contributed by atoms with E-state index in [1.54, 1.807) is 55.3 Å². The standard InChI is InChI=1S/C24H20ClN3O3/c1-30-19-12-13-23(31-2)20(14-19)26-24(29)21-15-22(16-8-10-17(25)11-9-16)28(27-21)18-6-4-3-5-7-18/h3-15H,1-2H3,(H,26,29). The number of rotatable bonds is 6. The van der Waals surface area contributed by atoms with E-state index in [1.165, 1.54) is 0 Å². The van der Waals surface area contributed by atoms with Crippen molar-refractivity contribution in [2.45, 2.75) is 0 Å². The zero-order valence-corrected chi connectivity index (χ0v) is 17.8. The van der Waals surface area contributed by atoms with E-state index in [0.717, 1.165) is 16.9 Å². The lowest BCUT2D eigenvalue weighted by Crippen LogP contribution is -2.14. The molecule has 1 N–H and O–H groups in total. The molecule has 1 aromatic heterocycles. The number of amides is 1. The van der Waals surface area contributed by atoms with E-state index in [2.05, 4.69) is 10.4 Å². The van der Waals surface area contributed by atoms with Gasteiger partial charge in [0.05, 0.1) is 31.3 Å². The molecule has 7 heteroatoms. The number of methoxy groups -OCH3 is 2. The molecule has 4 aromatic rings. The van der Waals surface area contributed by atoms with Crippen LogP contribution in [0.4, 0.5) is 5.69 Å². The Bertz CT molecular complexity index is 1200. The van der Waals surface area contributed by atoms with Gasteiger partial charge in [-0.3, -0.25) is 4.79 Å². The predicted octanol–water partition coefficient (Wildman–Crippen LogP) is 5.46. The van der Waals surface area contributed by atoms with Crippen LogP contribution in [0.1, 0.15) is 10.5 Å². The summed E-state index contributed by atoms with van der Waals surface area (Å²) in [4.78, 5) is 13.1. The molecule has 0 bridgehead atoms. The molecule has 156 valence electrons. The molecule has 31 heavy (non-hydrogen) atoms. The second kappa shape index (κ2) is 8.93. The molecule has 0 saturated heterocycles. The predicted molar refractivity (Wildman–Crippen MR) is 122 cm³/mol. The first-order valence-corrected chi connectivity index (χ1v) is 9.91. The largest absolute Gasteiger partial charge is 0.497 e. The Kier molecular flexibility index (Phi) is 5.91. The fourth-order valence-electron chi connectivity index (χ4n) is 3.18. The lowest BCUT2D eigenvalue weighted by atomic mass is 10.1. The van der Waals surface area contributed by atoms with E-state index in [0.29, 0.717) is 22.2 Å². The van der Waals surface area contributed by atoms with Crippen molar-refractivity contribution in [1.29, 1.82) is 0 Å². The number of benzene rings is 3. The van der Waals surface area contributed by atoms with E-state index in [4.69, 9.17) is 21.1 Å². The van der Waals surface area contributed by atoms with Crippen molar-refractivity contribution >= 4 is 23.2 Å². The van der Waals surface area contributed by atoms with Gasteiger partial charge in [0, 0.05) is 16.7 Å². The Hall–Kier alpha value is -3.77. The number of para-hydroxylation sites is 1. The van der Waals surface area contributed by atoms with Crippen LogP contribution in [0.5, 0.6) is 11.5 Å². The summed E-state index contributed by atoms with van der Waals surface area (Å²) in [5, 5.41) is 8.07. The number of hydrogen-bond donors (Lipinski definition) is 1. The number of ether oxygens (including phenoxy) is 2.